The van der Waals surface area contributed by atoms with Gasteiger partial charge in [0.25, 0.3) is 10.2 Å². The van der Waals surface area contributed by atoms with E-state index in [4.69, 9.17) is 4.74 Å². The molecule has 3 unspecified atom stereocenters. The molecule has 0 bridgehead atoms. The van der Waals surface area contributed by atoms with E-state index in [9.17, 15) is 13.2 Å². The van der Waals surface area contributed by atoms with Crippen LogP contribution in [0.15, 0.2) is 12.3 Å². The number of aromatic nitrogens is 2. The second-order valence-electron chi connectivity index (χ2n) is 6.69. The number of amides is 1. The third-order valence-electron chi connectivity index (χ3n) is 4.53. The highest BCUT2D eigenvalue weighted by molar-refractivity contribution is 7.87. The molecule has 1 aromatic heterocycles. The number of nitrogens with one attached hydrogen (secondary N) is 1. The molecular weight excluding hydrogens is 346 g/mol. The number of nitrogens with zero attached hydrogens (tertiary/aromatic N) is 4. The number of piperidine rings is 1. The number of hydrogen-bond acceptors (Lipinski definition) is 5. The van der Waals surface area contributed by atoms with Gasteiger partial charge in [-0.1, -0.05) is 0 Å². The molecule has 1 aromatic rings. The van der Waals surface area contributed by atoms with Gasteiger partial charge in [-0.2, -0.15) is 22.5 Å². The van der Waals surface area contributed by atoms with Gasteiger partial charge in [0.2, 0.25) is 5.91 Å². The van der Waals surface area contributed by atoms with Crippen LogP contribution >= 0.6 is 0 Å². The first-order valence-electron chi connectivity index (χ1n) is 8.50. The monoisotopic (exact) mass is 371 g/mol. The fourth-order valence-electron chi connectivity index (χ4n) is 3.43. The average molecular weight is 371 g/mol. The molecule has 2 aliphatic heterocycles. The van der Waals surface area contributed by atoms with Crippen molar-refractivity contribution in [3.8, 4) is 0 Å². The van der Waals surface area contributed by atoms with E-state index in [0.29, 0.717) is 18.8 Å². The van der Waals surface area contributed by atoms with E-state index in [1.807, 2.05) is 13.8 Å². The minimum absolute atomic E-state index is 0.173. The number of aryl methyl sites for hydroxylation is 1. The molecule has 2 saturated heterocycles. The zero-order valence-corrected chi connectivity index (χ0v) is 15.6. The normalized spacial score (nSPS) is 29.2. The van der Waals surface area contributed by atoms with Gasteiger partial charge < -0.3 is 4.74 Å². The molecule has 10 heteroatoms. The van der Waals surface area contributed by atoms with E-state index in [1.54, 1.807) is 28.9 Å². The standard InChI is InChI=1S/C15H25N5O4S/c1-11-9-19(10-12(2)24-11)25(22,23)17-13-5-4-8-20(15(13)21)14-6-7-16-18(14)3/h6-7,11-13,17H,4-5,8-10H2,1-3H3. The molecule has 1 amide bonds. The van der Waals surface area contributed by atoms with Crippen molar-refractivity contribution in [3.05, 3.63) is 12.3 Å². The van der Waals surface area contributed by atoms with Crippen LogP contribution in [0.1, 0.15) is 26.7 Å². The third-order valence-corrected chi connectivity index (χ3v) is 6.09. The van der Waals surface area contributed by atoms with Crippen LogP contribution < -0.4 is 9.62 Å². The molecule has 3 atom stereocenters. The molecule has 0 spiro atoms. The average Bonchev–Trinajstić information content (AvgIpc) is 2.94. The van der Waals surface area contributed by atoms with Crippen molar-refractivity contribution in [3.63, 3.8) is 0 Å². The molecule has 0 aliphatic carbocycles. The summed E-state index contributed by atoms with van der Waals surface area (Å²) >= 11 is 0. The van der Waals surface area contributed by atoms with Crippen LogP contribution in [-0.2, 0) is 26.8 Å². The van der Waals surface area contributed by atoms with E-state index in [2.05, 4.69) is 9.82 Å². The Labute approximate surface area is 148 Å². The molecular formula is C15H25N5O4S. The van der Waals surface area contributed by atoms with E-state index in [-0.39, 0.29) is 31.2 Å². The fourth-order valence-corrected chi connectivity index (χ4v) is 4.96. The van der Waals surface area contributed by atoms with Gasteiger partial charge in [0.1, 0.15) is 11.9 Å². The van der Waals surface area contributed by atoms with Crippen LogP contribution in [0.5, 0.6) is 0 Å². The molecule has 25 heavy (non-hydrogen) atoms. The minimum atomic E-state index is -3.75. The van der Waals surface area contributed by atoms with Gasteiger partial charge in [0.05, 0.1) is 18.4 Å². The summed E-state index contributed by atoms with van der Waals surface area (Å²) in [5, 5.41) is 4.08. The molecule has 2 fully saturated rings. The molecule has 2 aliphatic rings. The Morgan fingerprint density at radius 2 is 1.96 bits per heavy atom. The maximum absolute atomic E-state index is 12.8. The SMILES string of the molecule is CC1CN(S(=O)(=O)NC2CCCN(c3ccnn3C)C2=O)CC(C)O1. The molecule has 0 radical (unpaired) electrons. The highest BCUT2D eigenvalue weighted by Crippen LogP contribution is 2.21. The molecule has 0 aromatic carbocycles. The van der Waals surface area contributed by atoms with Crippen molar-refractivity contribution in [2.75, 3.05) is 24.5 Å². The number of rotatable bonds is 4. The first-order chi connectivity index (χ1) is 11.8. The lowest BCUT2D eigenvalue weighted by Gasteiger charge is -2.37. The minimum Gasteiger partial charge on any atom is -0.373 e. The van der Waals surface area contributed by atoms with Crippen LogP contribution in [0.2, 0.25) is 0 Å². The van der Waals surface area contributed by atoms with Crippen molar-refractivity contribution in [1.82, 2.24) is 18.8 Å². The summed E-state index contributed by atoms with van der Waals surface area (Å²) in [5.74, 6) is 0.426. The highest BCUT2D eigenvalue weighted by Gasteiger charge is 2.37. The predicted molar refractivity (Wildman–Crippen MR) is 92.2 cm³/mol. The molecule has 3 rings (SSSR count). The summed E-state index contributed by atoms with van der Waals surface area (Å²) < 4.78 is 36.6. The third kappa shape index (κ3) is 3.86. The summed E-state index contributed by atoms with van der Waals surface area (Å²) in [5.41, 5.74) is 0. The number of ether oxygens (including phenoxy) is 1. The predicted octanol–water partition coefficient (Wildman–Crippen LogP) is -0.141. The lowest BCUT2D eigenvalue weighted by Crippen LogP contribution is -2.58. The van der Waals surface area contributed by atoms with Crippen molar-refractivity contribution >= 4 is 21.9 Å². The summed E-state index contributed by atoms with van der Waals surface area (Å²) in [6, 6.07) is 0.988. The Kier molecular flexibility index (Phi) is 5.14. The Bertz CT molecular complexity index is 724. The maximum atomic E-state index is 12.8. The van der Waals surface area contributed by atoms with Gasteiger partial charge in [0, 0.05) is 32.7 Å². The Morgan fingerprint density at radius 3 is 2.56 bits per heavy atom. The molecule has 140 valence electrons. The van der Waals surface area contributed by atoms with Crippen molar-refractivity contribution in [2.24, 2.45) is 7.05 Å². The summed E-state index contributed by atoms with van der Waals surface area (Å²) in [6.45, 7) is 4.81. The van der Waals surface area contributed by atoms with Crippen LogP contribution in [0, 0.1) is 0 Å². The first kappa shape index (κ1) is 18.3. The van der Waals surface area contributed by atoms with E-state index < -0.39 is 16.3 Å². The molecule has 9 nitrogen and oxygen atoms in total. The maximum Gasteiger partial charge on any atom is 0.280 e. The largest absolute Gasteiger partial charge is 0.373 e. The molecule has 1 N–H and O–H groups in total. The van der Waals surface area contributed by atoms with Gasteiger partial charge in [-0.25, -0.2) is 0 Å². The van der Waals surface area contributed by atoms with Crippen LogP contribution in [0.25, 0.3) is 0 Å². The van der Waals surface area contributed by atoms with Gasteiger partial charge in [-0.15, -0.1) is 0 Å². The number of anilines is 1. The first-order valence-corrected chi connectivity index (χ1v) is 9.94. The Hall–Kier alpha value is -1.49. The van der Waals surface area contributed by atoms with E-state index in [0.717, 1.165) is 6.42 Å². The summed E-state index contributed by atoms with van der Waals surface area (Å²) in [7, 11) is -1.99. The Morgan fingerprint density at radius 1 is 1.28 bits per heavy atom. The summed E-state index contributed by atoms with van der Waals surface area (Å²) in [4.78, 5) is 14.4. The van der Waals surface area contributed by atoms with E-state index >= 15 is 0 Å². The van der Waals surface area contributed by atoms with Gasteiger partial charge in [-0.05, 0) is 26.7 Å². The lowest BCUT2D eigenvalue weighted by atomic mass is 10.1. The molecule has 0 saturated carbocycles. The summed E-state index contributed by atoms with van der Waals surface area (Å²) in [6.07, 6.45) is 2.48. The number of carbonyl (C=O) groups is 1. The van der Waals surface area contributed by atoms with Crippen molar-refractivity contribution < 1.29 is 17.9 Å². The Balaban J connectivity index is 1.73. The van der Waals surface area contributed by atoms with Gasteiger partial charge >= 0.3 is 0 Å². The zero-order valence-electron chi connectivity index (χ0n) is 14.8. The quantitative estimate of drug-likeness (QED) is 0.795. The lowest BCUT2D eigenvalue weighted by molar-refractivity contribution is -0.121. The topological polar surface area (TPSA) is 96.8 Å². The van der Waals surface area contributed by atoms with E-state index in [1.165, 1.54) is 4.31 Å². The second-order valence-corrected chi connectivity index (χ2v) is 8.40. The smallest absolute Gasteiger partial charge is 0.280 e. The second kappa shape index (κ2) is 7.02. The fraction of sp³-hybridized carbons (Fsp3) is 0.733. The van der Waals surface area contributed by atoms with Gasteiger partial charge in [-0.3, -0.25) is 14.4 Å². The number of carbonyl (C=O) groups excluding carboxylic acids is 1. The van der Waals surface area contributed by atoms with Gasteiger partial charge in [0.15, 0.2) is 0 Å². The van der Waals surface area contributed by atoms with Crippen LogP contribution in [0.4, 0.5) is 5.82 Å². The highest BCUT2D eigenvalue weighted by atomic mass is 32.2. The number of morpholine rings is 1. The zero-order chi connectivity index (χ0) is 18.2. The molecule has 3 heterocycles. The van der Waals surface area contributed by atoms with Crippen molar-refractivity contribution in [2.45, 2.75) is 44.9 Å². The number of hydrogen-bond donors (Lipinski definition) is 1. The van der Waals surface area contributed by atoms with Crippen molar-refractivity contribution in [1.29, 1.82) is 0 Å². The van der Waals surface area contributed by atoms with Crippen LogP contribution in [-0.4, -0.2) is 66.3 Å². The van der Waals surface area contributed by atoms with Crippen LogP contribution in [0.3, 0.4) is 0 Å².